The van der Waals surface area contributed by atoms with Gasteiger partial charge in [-0.3, -0.25) is 0 Å². The third-order valence-corrected chi connectivity index (χ3v) is 4.60. The SMILES string of the molecule is CCC(N[C@@H](C)c1cccc(Br)c1)c1ccc(Cl)cc1Cl. The molecule has 0 bridgehead atoms. The van der Waals surface area contributed by atoms with Crippen LogP contribution < -0.4 is 5.32 Å². The van der Waals surface area contributed by atoms with Crippen LogP contribution >= 0.6 is 39.1 Å². The highest BCUT2D eigenvalue weighted by Crippen LogP contribution is 2.30. The van der Waals surface area contributed by atoms with Crippen LogP contribution in [0.3, 0.4) is 0 Å². The summed E-state index contributed by atoms with van der Waals surface area (Å²) < 4.78 is 1.09. The number of nitrogens with one attached hydrogen (secondary N) is 1. The highest BCUT2D eigenvalue weighted by molar-refractivity contribution is 9.10. The summed E-state index contributed by atoms with van der Waals surface area (Å²) in [7, 11) is 0. The molecule has 4 heteroatoms. The van der Waals surface area contributed by atoms with E-state index in [2.05, 4.69) is 47.2 Å². The Morgan fingerprint density at radius 2 is 1.90 bits per heavy atom. The second kappa shape index (κ2) is 7.64. The van der Waals surface area contributed by atoms with Crippen molar-refractivity contribution >= 4 is 39.1 Å². The predicted octanol–water partition coefficient (Wildman–Crippen LogP) is 6.56. The molecule has 0 radical (unpaired) electrons. The molecular formula is C17H18BrCl2N. The molecule has 0 aliphatic rings. The van der Waals surface area contributed by atoms with E-state index >= 15 is 0 Å². The zero-order chi connectivity index (χ0) is 15.4. The highest BCUT2D eigenvalue weighted by Gasteiger charge is 2.16. The van der Waals surface area contributed by atoms with Gasteiger partial charge in [-0.15, -0.1) is 0 Å². The first-order valence-electron chi connectivity index (χ1n) is 6.97. The minimum Gasteiger partial charge on any atom is -0.303 e. The Kier molecular flexibility index (Phi) is 6.12. The van der Waals surface area contributed by atoms with Crippen LogP contribution in [0.1, 0.15) is 43.5 Å². The Balaban J connectivity index is 2.18. The minimum absolute atomic E-state index is 0.198. The van der Waals surface area contributed by atoms with Crippen LogP contribution in [0, 0.1) is 0 Å². The van der Waals surface area contributed by atoms with Crippen LogP contribution in [0.5, 0.6) is 0 Å². The second-order valence-electron chi connectivity index (χ2n) is 5.07. The van der Waals surface area contributed by atoms with Crippen molar-refractivity contribution in [3.63, 3.8) is 0 Å². The van der Waals surface area contributed by atoms with Gasteiger partial charge in [0.25, 0.3) is 0 Å². The molecule has 0 saturated carbocycles. The minimum atomic E-state index is 0.198. The number of hydrogen-bond donors (Lipinski definition) is 1. The van der Waals surface area contributed by atoms with Crippen LogP contribution in [-0.4, -0.2) is 0 Å². The zero-order valence-corrected chi connectivity index (χ0v) is 15.1. The summed E-state index contributed by atoms with van der Waals surface area (Å²) in [6, 6.07) is 14.5. The maximum Gasteiger partial charge on any atom is 0.0468 e. The number of hydrogen-bond acceptors (Lipinski definition) is 1. The average Bonchev–Trinajstić information content (AvgIpc) is 2.45. The predicted molar refractivity (Wildman–Crippen MR) is 95.2 cm³/mol. The summed E-state index contributed by atoms with van der Waals surface area (Å²) in [6.07, 6.45) is 0.958. The van der Waals surface area contributed by atoms with Crippen LogP contribution in [-0.2, 0) is 0 Å². The third kappa shape index (κ3) is 4.46. The first kappa shape index (κ1) is 16.8. The molecular weight excluding hydrogens is 369 g/mol. The lowest BCUT2D eigenvalue weighted by Crippen LogP contribution is -2.24. The summed E-state index contributed by atoms with van der Waals surface area (Å²) in [6.45, 7) is 4.31. The summed E-state index contributed by atoms with van der Waals surface area (Å²) >= 11 is 15.8. The van der Waals surface area contributed by atoms with Crippen LogP contribution in [0.15, 0.2) is 46.9 Å². The Hall–Kier alpha value is -0.540. The molecule has 1 N–H and O–H groups in total. The maximum absolute atomic E-state index is 6.33. The molecule has 0 aliphatic carbocycles. The van der Waals surface area contributed by atoms with Gasteiger partial charge >= 0.3 is 0 Å². The number of benzene rings is 2. The Morgan fingerprint density at radius 1 is 1.14 bits per heavy atom. The largest absolute Gasteiger partial charge is 0.303 e. The summed E-state index contributed by atoms with van der Waals surface area (Å²) in [4.78, 5) is 0. The molecule has 0 amide bonds. The first-order valence-corrected chi connectivity index (χ1v) is 8.52. The van der Waals surface area contributed by atoms with Crippen molar-refractivity contribution in [2.75, 3.05) is 0 Å². The maximum atomic E-state index is 6.33. The van der Waals surface area contributed by atoms with Crippen molar-refractivity contribution in [3.8, 4) is 0 Å². The second-order valence-corrected chi connectivity index (χ2v) is 6.83. The van der Waals surface area contributed by atoms with Gasteiger partial charge in [-0.2, -0.15) is 0 Å². The van der Waals surface area contributed by atoms with E-state index < -0.39 is 0 Å². The molecule has 1 nitrogen and oxygen atoms in total. The molecule has 2 atom stereocenters. The van der Waals surface area contributed by atoms with Gasteiger partial charge < -0.3 is 5.32 Å². The molecule has 0 aromatic heterocycles. The fourth-order valence-corrected chi connectivity index (χ4v) is 3.34. The fourth-order valence-electron chi connectivity index (χ4n) is 2.39. The molecule has 0 fully saturated rings. The molecule has 0 saturated heterocycles. The fraction of sp³-hybridized carbons (Fsp3) is 0.294. The summed E-state index contributed by atoms with van der Waals surface area (Å²) in [5.41, 5.74) is 2.33. The van der Waals surface area contributed by atoms with Crippen molar-refractivity contribution in [2.45, 2.75) is 32.4 Å². The third-order valence-electron chi connectivity index (χ3n) is 3.55. The lowest BCUT2D eigenvalue weighted by Gasteiger charge is -2.24. The smallest absolute Gasteiger partial charge is 0.0468 e. The molecule has 0 heterocycles. The Morgan fingerprint density at radius 3 is 2.52 bits per heavy atom. The molecule has 2 rings (SSSR count). The van der Waals surface area contributed by atoms with Gasteiger partial charge in [0.15, 0.2) is 0 Å². The normalized spacial score (nSPS) is 14.0. The quantitative estimate of drug-likeness (QED) is 0.613. The number of halogens is 3. The van der Waals surface area contributed by atoms with E-state index in [1.54, 1.807) is 6.07 Å². The Bertz CT molecular complexity index is 615. The molecule has 2 aromatic carbocycles. The molecule has 0 aliphatic heterocycles. The Labute approximate surface area is 144 Å². The summed E-state index contributed by atoms with van der Waals surface area (Å²) in [5, 5.41) is 5.02. The van der Waals surface area contributed by atoms with Crippen LogP contribution in [0.4, 0.5) is 0 Å². The lowest BCUT2D eigenvalue weighted by atomic mass is 10.0. The van der Waals surface area contributed by atoms with Crippen molar-refractivity contribution in [2.24, 2.45) is 0 Å². The molecule has 2 aromatic rings. The monoisotopic (exact) mass is 385 g/mol. The van der Waals surface area contributed by atoms with Gasteiger partial charge in [0, 0.05) is 26.6 Å². The summed E-state index contributed by atoms with van der Waals surface area (Å²) in [5.74, 6) is 0. The van der Waals surface area contributed by atoms with E-state index in [0.717, 1.165) is 16.5 Å². The lowest BCUT2D eigenvalue weighted by molar-refractivity contribution is 0.456. The highest BCUT2D eigenvalue weighted by atomic mass is 79.9. The van der Waals surface area contributed by atoms with E-state index in [0.29, 0.717) is 10.0 Å². The standard InChI is InChI=1S/C17H18BrCl2N/c1-3-17(15-8-7-14(19)10-16(15)20)21-11(2)12-5-4-6-13(18)9-12/h4-11,17,21H,3H2,1-2H3/t11-,17?/m0/s1. The van der Waals surface area contributed by atoms with E-state index in [-0.39, 0.29) is 12.1 Å². The first-order chi connectivity index (χ1) is 10.0. The van der Waals surface area contributed by atoms with Gasteiger partial charge in [-0.05, 0) is 48.7 Å². The van der Waals surface area contributed by atoms with Gasteiger partial charge in [0.05, 0.1) is 0 Å². The van der Waals surface area contributed by atoms with E-state index in [1.807, 2.05) is 24.3 Å². The molecule has 112 valence electrons. The van der Waals surface area contributed by atoms with Crippen LogP contribution in [0.2, 0.25) is 10.0 Å². The van der Waals surface area contributed by atoms with Gasteiger partial charge in [0.2, 0.25) is 0 Å². The van der Waals surface area contributed by atoms with Gasteiger partial charge in [-0.1, -0.05) is 64.3 Å². The van der Waals surface area contributed by atoms with Crippen molar-refractivity contribution in [3.05, 3.63) is 68.1 Å². The molecule has 0 spiro atoms. The van der Waals surface area contributed by atoms with Gasteiger partial charge in [0.1, 0.15) is 0 Å². The van der Waals surface area contributed by atoms with E-state index in [9.17, 15) is 0 Å². The van der Waals surface area contributed by atoms with Crippen molar-refractivity contribution in [1.82, 2.24) is 5.32 Å². The average molecular weight is 387 g/mol. The number of rotatable bonds is 5. The zero-order valence-electron chi connectivity index (χ0n) is 12.0. The topological polar surface area (TPSA) is 12.0 Å². The molecule has 1 unspecified atom stereocenters. The van der Waals surface area contributed by atoms with E-state index in [4.69, 9.17) is 23.2 Å². The van der Waals surface area contributed by atoms with Crippen molar-refractivity contribution < 1.29 is 0 Å². The van der Waals surface area contributed by atoms with Crippen molar-refractivity contribution in [1.29, 1.82) is 0 Å². The van der Waals surface area contributed by atoms with E-state index in [1.165, 1.54) is 5.56 Å². The molecule has 21 heavy (non-hydrogen) atoms. The van der Waals surface area contributed by atoms with Gasteiger partial charge in [-0.25, -0.2) is 0 Å². The van der Waals surface area contributed by atoms with Crippen LogP contribution in [0.25, 0.3) is 0 Å².